The highest BCUT2D eigenvalue weighted by Crippen LogP contribution is 2.30. The van der Waals surface area contributed by atoms with Gasteiger partial charge in [-0.25, -0.2) is 0 Å². The molecule has 0 saturated heterocycles. The molecule has 0 nitrogen and oxygen atoms in total. The lowest BCUT2D eigenvalue weighted by Crippen LogP contribution is -2.29. The van der Waals surface area contributed by atoms with Gasteiger partial charge >= 0.3 is 0 Å². The normalized spacial score (nSPS) is 16.0. The molecule has 0 amide bonds. The highest BCUT2D eigenvalue weighted by molar-refractivity contribution is 7.92. The number of hydrogen-bond acceptors (Lipinski definition) is 2. The number of rotatable bonds is 2. The summed E-state index contributed by atoms with van der Waals surface area (Å²) in [5.74, 6) is 0. The quantitative estimate of drug-likeness (QED) is 0.529. The van der Waals surface area contributed by atoms with Gasteiger partial charge in [-0.1, -0.05) is 39.3 Å². The Morgan fingerprint density at radius 2 is 0.833 bits per heavy atom. The van der Waals surface area contributed by atoms with Crippen LogP contribution in [0.3, 0.4) is 0 Å². The van der Waals surface area contributed by atoms with Crippen molar-refractivity contribution in [2.24, 2.45) is 0 Å². The van der Waals surface area contributed by atoms with Gasteiger partial charge in [0, 0.05) is 0 Å². The fourth-order valence-corrected chi connectivity index (χ4v) is 6.39. The van der Waals surface area contributed by atoms with Crippen molar-refractivity contribution in [1.82, 2.24) is 0 Å². The maximum Gasteiger partial charge on any atom is 0.0859 e. The van der Waals surface area contributed by atoms with E-state index in [0.29, 0.717) is 0 Å². The van der Waals surface area contributed by atoms with Crippen molar-refractivity contribution in [3.63, 3.8) is 0 Å². The van der Waals surface area contributed by atoms with E-state index in [1.54, 1.807) is 0 Å². The summed E-state index contributed by atoms with van der Waals surface area (Å²) in [6.45, 7) is 13.9. The van der Waals surface area contributed by atoms with E-state index in [0.717, 1.165) is 0 Å². The second-order valence-corrected chi connectivity index (χ2v) is 16.9. The minimum absolute atomic E-state index is 1.23. The van der Waals surface area contributed by atoms with Crippen molar-refractivity contribution >= 4 is 41.4 Å². The first kappa shape index (κ1) is 12.9. The van der Waals surface area contributed by atoms with E-state index in [1.165, 1.54) is 9.06 Å². The van der Waals surface area contributed by atoms with Crippen molar-refractivity contribution in [1.29, 1.82) is 0 Å². The van der Waals surface area contributed by atoms with Crippen LogP contribution in [0, 0.1) is 0 Å². The smallest absolute Gasteiger partial charge is 0.0859 e. The fraction of sp³-hybridized carbons (Fsp3) is 0.750. The molecule has 0 saturated carbocycles. The van der Waals surface area contributed by atoms with Gasteiger partial charge in [-0.2, -0.15) is 25.3 Å². The molecule has 72 valence electrons. The zero-order chi connectivity index (χ0) is 10.2. The van der Waals surface area contributed by atoms with Gasteiger partial charge in [-0.3, -0.25) is 0 Å². The molecule has 0 aromatic carbocycles. The molecule has 0 aliphatic rings. The number of hydrogen-bond donors (Lipinski definition) is 2. The van der Waals surface area contributed by atoms with Crippen LogP contribution in [0.15, 0.2) is 9.06 Å². The van der Waals surface area contributed by atoms with Crippen LogP contribution in [0.25, 0.3) is 0 Å². The van der Waals surface area contributed by atoms with Crippen molar-refractivity contribution in [3.05, 3.63) is 9.06 Å². The minimum atomic E-state index is -1.23. The molecule has 0 aliphatic carbocycles. The van der Waals surface area contributed by atoms with Gasteiger partial charge in [0.1, 0.15) is 0 Å². The Bertz CT molecular complexity index is 174. The molecule has 0 rings (SSSR count). The zero-order valence-corrected chi connectivity index (χ0v) is 12.7. The molecule has 0 bridgehead atoms. The zero-order valence-electron chi connectivity index (χ0n) is 8.89. The molecule has 0 spiro atoms. The second kappa shape index (κ2) is 3.94. The second-order valence-electron chi connectivity index (χ2n) is 5.20. The molecule has 0 heterocycles. The van der Waals surface area contributed by atoms with Gasteiger partial charge in [0.15, 0.2) is 0 Å². The Hall–Kier alpha value is 0.874. The van der Waals surface area contributed by atoms with Gasteiger partial charge < -0.3 is 0 Å². The average Bonchev–Trinajstić information content (AvgIpc) is 1.80. The van der Waals surface area contributed by atoms with E-state index < -0.39 is 16.1 Å². The van der Waals surface area contributed by atoms with Gasteiger partial charge in [-0.15, -0.1) is 0 Å². The van der Waals surface area contributed by atoms with E-state index in [-0.39, 0.29) is 0 Å². The molecule has 4 heteroatoms. The van der Waals surface area contributed by atoms with Crippen LogP contribution in [-0.2, 0) is 0 Å². The average molecular weight is 237 g/mol. The van der Waals surface area contributed by atoms with Gasteiger partial charge in [-0.05, 0) is 9.06 Å². The maximum atomic E-state index is 4.60. The van der Waals surface area contributed by atoms with E-state index in [4.69, 9.17) is 0 Å². The molecule has 0 aliphatic heterocycles. The van der Waals surface area contributed by atoms with Gasteiger partial charge in [0.05, 0.1) is 16.1 Å². The van der Waals surface area contributed by atoms with E-state index in [1.807, 2.05) is 0 Å². The summed E-state index contributed by atoms with van der Waals surface area (Å²) in [5, 5.41) is 0. The third-order valence-corrected chi connectivity index (χ3v) is 10.3. The van der Waals surface area contributed by atoms with Gasteiger partial charge in [0.25, 0.3) is 0 Å². The van der Waals surface area contributed by atoms with E-state index in [9.17, 15) is 0 Å². The first-order chi connectivity index (χ1) is 5.07. The largest absolute Gasteiger partial charge is 0.152 e. The highest BCUT2D eigenvalue weighted by atomic mass is 32.1. The van der Waals surface area contributed by atoms with Crippen molar-refractivity contribution in [2.75, 3.05) is 0 Å². The molecular weight excluding hydrogens is 216 g/mol. The monoisotopic (exact) mass is 236 g/mol. The first-order valence-corrected chi connectivity index (χ1v) is 12.1. The predicted molar refractivity (Wildman–Crippen MR) is 71.7 cm³/mol. The molecule has 0 unspecified atom stereocenters. The molecule has 0 fully saturated rings. The van der Waals surface area contributed by atoms with E-state index in [2.05, 4.69) is 64.5 Å². The molecule has 0 aromatic heterocycles. The lowest BCUT2D eigenvalue weighted by molar-refractivity contribution is 1.69. The summed E-state index contributed by atoms with van der Waals surface area (Å²) < 4.78 is 2.56. The Labute approximate surface area is 89.7 Å². The molecule has 0 radical (unpaired) electrons. The number of thiol groups is 2. The SMILES string of the molecule is C[Si](C)(C)/C(S)=C(/S)[Si](C)(C)C. The summed E-state index contributed by atoms with van der Waals surface area (Å²) in [4.78, 5) is 0. The summed E-state index contributed by atoms with van der Waals surface area (Å²) in [6.07, 6.45) is 0. The standard InChI is InChI=1S/C8H20S2Si2/c1-11(2,3)7(9)8(10)12(4,5)6/h9-10H,1-6H3/b8-7-. The topological polar surface area (TPSA) is 0 Å². The fourth-order valence-electron chi connectivity index (χ4n) is 0.710. The Kier molecular flexibility index (Phi) is 4.23. The van der Waals surface area contributed by atoms with Gasteiger partial charge in [0.2, 0.25) is 0 Å². The summed E-state index contributed by atoms with van der Waals surface area (Å²) in [6, 6.07) is 0. The molecule has 0 atom stereocenters. The summed E-state index contributed by atoms with van der Waals surface area (Å²) in [5.41, 5.74) is 0. The predicted octanol–water partition coefficient (Wildman–Crippen LogP) is 3.81. The summed E-state index contributed by atoms with van der Waals surface area (Å²) in [7, 11) is -2.46. The Morgan fingerprint density at radius 3 is 0.917 bits per heavy atom. The van der Waals surface area contributed by atoms with Crippen LogP contribution < -0.4 is 0 Å². The molecule has 12 heavy (non-hydrogen) atoms. The highest BCUT2D eigenvalue weighted by Gasteiger charge is 2.26. The Morgan fingerprint density at radius 1 is 0.667 bits per heavy atom. The van der Waals surface area contributed by atoms with Crippen LogP contribution in [0.2, 0.25) is 39.3 Å². The van der Waals surface area contributed by atoms with Crippen LogP contribution in [0.4, 0.5) is 0 Å². The minimum Gasteiger partial charge on any atom is -0.152 e. The summed E-state index contributed by atoms with van der Waals surface area (Å²) >= 11 is 9.20. The van der Waals surface area contributed by atoms with Crippen LogP contribution in [-0.4, -0.2) is 16.1 Å². The van der Waals surface area contributed by atoms with Crippen molar-refractivity contribution in [3.8, 4) is 0 Å². The molecule has 0 N–H and O–H groups in total. The third kappa shape index (κ3) is 3.72. The lowest BCUT2D eigenvalue weighted by Gasteiger charge is -2.25. The van der Waals surface area contributed by atoms with Crippen molar-refractivity contribution in [2.45, 2.75) is 39.3 Å². The van der Waals surface area contributed by atoms with Crippen molar-refractivity contribution < 1.29 is 0 Å². The molecular formula is C8H20S2Si2. The van der Waals surface area contributed by atoms with Crippen LogP contribution >= 0.6 is 25.3 Å². The third-order valence-electron chi connectivity index (χ3n) is 1.65. The lowest BCUT2D eigenvalue weighted by atomic mass is 11.2. The maximum absolute atomic E-state index is 4.60. The van der Waals surface area contributed by atoms with Crippen LogP contribution in [0.5, 0.6) is 0 Å². The molecule has 0 aromatic rings. The Balaban J connectivity index is 4.96. The first-order valence-electron chi connectivity index (χ1n) is 4.20. The van der Waals surface area contributed by atoms with E-state index >= 15 is 0 Å². The van der Waals surface area contributed by atoms with Crippen LogP contribution in [0.1, 0.15) is 0 Å².